The molecule has 0 N–H and O–H groups in total. The third-order valence-corrected chi connectivity index (χ3v) is 13.3. The van der Waals surface area contributed by atoms with Gasteiger partial charge in [-0.25, -0.2) is 0 Å². The van der Waals surface area contributed by atoms with Crippen molar-refractivity contribution < 1.29 is 18.0 Å². The highest BCUT2D eigenvalue weighted by Crippen LogP contribution is 2.44. The molecule has 6 nitrogen and oxygen atoms in total. The Bertz CT molecular complexity index is 3850. The van der Waals surface area contributed by atoms with Crippen molar-refractivity contribution in [3.05, 3.63) is 235 Å². The standard InChI is InChI=1S/C65H53N3O3/c1-42-32-59(44-20-10-7-11-21-44)67-40-57(42)64(3,4)70-49-34-48(35-50(37-49)71-65(5,6)58-41-68-60(33-43(58)2)45-22-12-8-13-23-45)51-26-16-17-27-52(51)56-39-66-61(46-24-14-9-15-25-46)38-55(56)47-30-31-54-53-28-18-19-29-62(53)69-63(54)36-47/h7-41H,1-6H3/i1D3. The van der Waals surface area contributed by atoms with Crippen LogP contribution in [0.3, 0.4) is 0 Å². The minimum atomic E-state index is -2.46. The van der Waals surface area contributed by atoms with Crippen LogP contribution in [-0.4, -0.2) is 15.0 Å². The van der Waals surface area contributed by atoms with Gasteiger partial charge in [-0.1, -0.05) is 140 Å². The topological polar surface area (TPSA) is 70.3 Å². The minimum Gasteiger partial charge on any atom is -0.483 e. The monoisotopic (exact) mass is 926 g/mol. The molecular formula is C65H53N3O3. The second kappa shape index (κ2) is 18.4. The Morgan fingerprint density at radius 1 is 0.394 bits per heavy atom. The zero-order valence-corrected chi connectivity index (χ0v) is 40.3. The quantitative estimate of drug-likeness (QED) is 0.122. The maximum Gasteiger partial charge on any atom is 0.136 e. The molecule has 0 aliphatic rings. The third-order valence-electron chi connectivity index (χ3n) is 13.3. The van der Waals surface area contributed by atoms with Gasteiger partial charge in [0.05, 0.1) is 17.1 Å². The lowest BCUT2D eigenvalue weighted by molar-refractivity contribution is 0.0982. The van der Waals surface area contributed by atoms with Crippen LogP contribution in [0.1, 0.15) is 54.1 Å². The van der Waals surface area contributed by atoms with Crippen molar-refractivity contribution in [3.63, 3.8) is 0 Å². The SMILES string of the molecule is [2H]C([2H])([2H])c1cc(-c2ccccc2)ncc1C(C)(C)Oc1cc(OC(C)(C)c2cnc(-c3ccccc3)cc2C)cc(-c2ccccc2-c2cnc(-c3ccccc3)cc2-c2ccc3c(c2)oc2ccccc23)c1. The molecule has 4 aromatic heterocycles. The van der Waals surface area contributed by atoms with Crippen LogP contribution < -0.4 is 9.47 Å². The van der Waals surface area contributed by atoms with Crippen molar-refractivity contribution in [3.8, 4) is 78.7 Å². The van der Waals surface area contributed by atoms with E-state index in [1.54, 1.807) is 12.3 Å². The molecule has 0 radical (unpaired) electrons. The molecular weight excluding hydrogens is 871 g/mol. The lowest BCUT2D eigenvalue weighted by atomic mass is 9.89. The van der Waals surface area contributed by atoms with Gasteiger partial charge in [-0.2, -0.15) is 0 Å². The van der Waals surface area contributed by atoms with Crippen LogP contribution in [0.25, 0.3) is 89.1 Å². The van der Waals surface area contributed by atoms with E-state index >= 15 is 0 Å². The summed E-state index contributed by atoms with van der Waals surface area (Å²) < 4.78 is 46.7. The maximum atomic E-state index is 8.70. The molecule has 11 aromatic rings. The van der Waals surface area contributed by atoms with Crippen molar-refractivity contribution in [2.24, 2.45) is 0 Å². The molecule has 4 heterocycles. The van der Waals surface area contributed by atoms with E-state index in [9.17, 15) is 0 Å². The predicted molar refractivity (Wildman–Crippen MR) is 289 cm³/mol. The van der Waals surface area contributed by atoms with E-state index in [0.29, 0.717) is 22.8 Å². The lowest BCUT2D eigenvalue weighted by Gasteiger charge is -2.31. The molecule has 346 valence electrons. The van der Waals surface area contributed by atoms with Gasteiger partial charge in [-0.15, -0.1) is 0 Å². The Morgan fingerprint density at radius 3 is 1.49 bits per heavy atom. The molecule has 0 saturated carbocycles. The molecule has 0 saturated heterocycles. The number of benzene rings is 7. The number of hydrogen-bond acceptors (Lipinski definition) is 6. The normalized spacial score (nSPS) is 12.6. The fourth-order valence-corrected chi connectivity index (χ4v) is 9.74. The second-order valence-corrected chi connectivity index (χ2v) is 19.0. The van der Waals surface area contributed by atoms with Crippen molar-refractivity contribution in [1.82, 2.24) is 15.0 Å². The zero-order valence-electron chi connectivity index (χ0n) is 43.3. The summed E-state index contributed by atoms with van der Waals surface area (Å²) in [5.74, 6) is 1.01. The Labute approximate surface area is 419 Å². The first kappa shape index (κ1) is 41.4. The smallest absolute Gasteiger partial charge is 0.136 e. The largest absolute Gasteiger partial charge is 0.483 e. The Balaban J connectivity index is 1.05. The number of nitrogens with zero attached hydrogens (tertiary/aromatic N) is 3. The number of pyridine rings is 3. The summed E-state index contributed by atoms with van der Waals surface area (Å²) in [5.41, 5.74) is 12.8. The average Bonchev–Trinajstić information content (AvgIpc) is 3.79. The summed E-state index contributed by atoms with van der Waals surface area (Å²) in [6, 6.07) is 64.5. The molecule has 7 aromatic carbocycles. The first-order valence-corrected chi connectivity index (χ1v) is 23.9. The number of para-hydroxylation sites is 1. The molecule has 0 aliphatic carbocycles. The van der Waals surface area contributed by atoms with Gasteiger partial charge < -0.3 is 13.9 Å². The van der Waals surface area contributed by atoms with Crippen LogP contribution in [0.4, 0.5) is 0 Å². The first-order chi connectivity index (χ1) is 35.7. The molecule has 0 spiro atoms. The number of ether oxygens (including phenoxy) is 2. The Morgan fingerprint density at radius 2 is 0.887 bits per heavy atom. The van der Waals surface area contributed by atoms with Crippen LogP contribution >= 0.6 is 0 Å². The fourth-order valence-electron chi connectivity index (χ4n) is 9.74. The Hall–Kier alpha value is -8.61. The van der Waals surface area contributed by atoms with Gasteiger partial charge in [0, 0.05) is 72.9 Å². The number of aromatic nitrogens is 3. The van der Waals surface area contributed by atoms with Gasteiger partial charge in [0.25, 0.3) is 0 Å². The van der Waals surface area contributed by atoms with Crippen LogP contribution in [0.2, 0.25) is 0 Å². The summed E-state index contributed by atoms with van der Waals surface area (Å²) in [6.07, 6.45) is 5.49. The number of rotatable bonds is 12. The van der Waals surface area contributed by atoms with E-state index < -0.39 is 18.1 Å². The van der Waals surface area contributed by atoms with E-state index in [0.717, 1.165) is 94.5 Å². The zero-order chi connectivity index (χ0) is 51.2. The molecule has 6 heteroatoms. The minimum absolute atomic E-state index is 0.164. The number of aryl methyl sites for hydroxylation is 2. The van der Waals surface area contributed by atoms with Gasteiger partial charge in [-0.05, 0) is 129 Å². The molecule has 0 amide bonds. The van der Waals surface area contributed by atoms with Crippen LogP contribution in [0.5, 0.6) is 11.5 Å². The van der Waals surface area contributed by atoms with Crippen molar-refractivity contribution >= 4 is 21.9 Å². The highest BCUT2D eigenvalue weighted by molar-refractivity contribution is 6.06. The molecule has 0 aliphatic heterocycles. The van der Waals surface area contributed by atoms with Gasteiger partial charge >= 0.3 is 0 Å². The van der Waals surface area contributed by atoms with E-state index in [1.165, 1.54) is 0 Å². The van der Waals surface area contributed by atoms with Gasteiger partial charge in [0.2, 0.25) is 0 Å². The maximum absolute atomic E-state index is 8.70. The van der Waals surface area contributed by atoms with Gasteiger partial charge in [0.1, 0.15) is 33.9 Å². The number of fused-ring (bicyclic) bond motifs is 3. The van der Waals surface area contributed by atoms with Crippen molar-refractivity contribution in [2.45, 2.75) is 52.7 Å². The molecule has 0 bridgehead atoms. The first-order valence-electron chi connectivity index (χ1n) is 25.4. The molecule has 11 rings (SSSR count). The lowest BCUT2D eigenvalue weighted by Crippen LogP contribution is -2.28. The van der Waals surface area contributed by atoms with Gasteiger partial charge in [-0.3, -0.25) is 15.0 Å². The predicted octanol–water partition coefficient (Wildman–Crippen LogP) is 17.0. The van der Waals surface area contributed by atoms with E-state index in [1.807, 2.05) is 155 Å². The van der Waals surface area contributed by atoms with Crippen LogP contribution in [-0.2, 0) is 11.2 Å². The highest BCUT2D eigenvalue weighted by atomic mass is 16.5. The van der Waals surface area contributed by atoms with E-state index in [2.05, 4.69) is 79.7 Å². The van der Waals surface area contributed by atoms with Crippen molar-refractivity contribution in [1.29, 1.82) is 0 Å². The van der Waals surface area contributed by atoms with E-state index in [-0.39, 0.29) is 5.56 Å². The summed E-state index contributed by atoms with van der Waals surface area (Å²) in [4.78, 5) is 14.8. The fraction of sp³-hybridized carbons (Fsp3) is 0.123. The summed E-state index contributed by atoms with van der Waals surface area (Å²) >= 11 is 0. The third kappa shape index (κ3) is 8.97. The number of hydrogen-bond donors (Lipinski definition) is 0. The summed E-state index contributed by atoms with van der Waals surface area (Å²) in [5, 5.41) is 2.11. The molecule has 0 fully saturated rings. The van der Waals surface area contributed by atoms with Crippen LogP contribution in [0, 0.1) is 13.8 Å². The van der Waals surface area contributed by atoms with Crippen molar-refractivity contribution in [2.75, 3.05) is 0 Å². The Kier molecular flexibility index (Phi) is 10.7. The molecule has 0 atom stereocenters. The van der Waals surface area contributed by atoms with E-state index in [4.69, 9.17) is 33.0 Å². The molecule has 71 heavy (non-hydrogen) atoms. The summed E-state index contributed by atoms with van der Waals surface area (Å²) in [7, 11) is 0. The highest BCUT2D eigenvalue weighted by Gasteiger charge is 2.29. The van der Waals surface area contributed by atoms with Gasteiger partial charge in [0.15, 0.2) is 0 Å². The molecule has 0 unspecified atom stereocenters. The second-order valence-electron chi connectivity index (χ2n) is 19.0. The average molecular weight is 927 g/mol. The summed E-state index contributed by atoms with van der Waals surface area (Å²) in [6.45, 7) is 7.45. The van der Waals surface area contributed by atoms with Crippen LogP contribution in [0.15, 0.2) is 217 Å². The number of furan rings is 1.